The zero-order valence-corrected chi connectivity index (χ0v) is 15.1. The van der Waals surface area contributed by atoms with Crippen LogP contribution in [0, 0.1) is 13.8 Å². The molecule has 0 radical (unpaired) electrons. The fraction of sp³-hybridized carbons (Fsp3) is 0.400. The minimum Gasteiger partial charge on any atom is -0.481 e. The lowest BCUT2D eigenvalue weighted by Gasteiger charge is -2.17. The number of nitrogens with zero attached hydrogens (tertiary/aromatic N) is 1. The van der Waals surface area contributed by atoms with Gasteiger partial charge in [-0.3, -0.25) is 9.78 Å². The molecule has 1 aromatic heterocycles. The summed E-state index contributed by atoms with van der Waals surface area (Å²) in [6, 6.07) is 11.7. The van der Waals surface area contributed by atoms with Crippen LogP contribution < -0.4 is 10.1 Å². The van der Waals surface area contributed by atoms with Crippen molar-refractivity contribution in [2.24, 2.45) is 0 Å². The number of aromatic nitrogens is 1. The van der Waals surface area contributed by atoms with Crippen molar-refractivity contribution in [2.75, 3.05) is 0 Å². The first-order chi connectivity index (χ1) is 11.4. The molecule has 0 bridgehead atoms. The molecule has 0 spiro atoms. The van der Waals surface area contributed by atoms with Crippen LogP contribution in [0.5, 0.6) is 5.75 Å². The summed E-state index contributed by atoms with van der Waals surface area (Å²) in [5.41, 5.74) is 4.25. The molecular formula is C20H26N2O2. The van der Waals surface area contributed by atoms with E-state index in [2.05, 4.69) is 37.1 Å². The molecule has 0 aliphatic carbocycles. The number of hydrogen-bond donors (Lipinski definition) is 1. The van der Waals surface area contributed by atoms with Gasteiger partial charge in [0.2, 0.25) is 0 Å². The highest BCUT2D eigenvalue weighted by Gasteiger charge is 2.15. The Hall–Kier alpha value is -2.36. The number of ether oxygens (including phenoxy) is 1. The second-order valence-electron chi connectivity index (χ2n) is 6.42. The topological polar surface area (TPSA) is 51.2 Å². The number of pyridine rings is 1. The smallest absolute Gasteiger partial charge is 0.261 e. The molecule has 24 heavy (non-hydrogen) atoms. The van der Waals surface area contributed by atoms with Crippen LogP contribution in [0.25, 0.3) is 0 Å². The van der Waals surface area contributed by atoms with Crippen molar-refractivity contribution < 1.29 is 9.53 Å². The lowest BCUT2D eigenvalue weighted by molar-refractivity contribution is -0.127. The zero-order chi connectivity index (χ0) is 17.7. The quantitative estimate of drug-likeness (QED) is 0.876. The Morgan fingerprint density at radius 1 is 1.17 bits per heavy atom. The van der Waals surface area contributed by atoms with Crippen LogP contribution in [0.1, 0.15) is 49.2 Å². The monoisotopic (exact) mass is 326 g/mol. The van der Waals surface area contributed by atoms with Crippen molar-refractivity contribution in [3.05, 3.63) is 58.9 Å². The molecule has 1 amide bonds. The van der Waals surface area contributed by atoms with Gasteiger partial charge in [0.05, 0.1) is 12.2 Å². The summed E-state index contributed by atoms with van der Waals surface area (Å²) in [5, 5.41) is 2.86. The zero-order valence-electron chi connectivity index (χ0n) is 15.1. The summed E-state index contributed by atoms with van der Waals surface area (Å²) in [4.78, 5) is 16.6. The highest BCUT2D eigenvalue weighted by atomic mass is 16.5. The van der Waals surface area contributed by atoms with Crippen LogP contribution >= 0.6 is 0 Å². The molecule has 0 fully saturated rings. The van der Waals surface area contributed by atoms with E-state index in [-0.39, 0.29) is 5.91 Å². The number of amides is 1. The van der Waals surface area contributed by atoms with Crippen LogP contribution in [-0.4, -0.2) is 17.0 Å². The molecule has 4 heteroatoms. The number of hydrogen-bond acceptors (Lipinski definition) is 3. The van der Waals surface area contributed by atoms with Gasteiger partial charge in [0.25, 0.3) is 5.91 Å². The summed E-state index contributed by atoms with van der Waals surface area (Å²) in [7, 11) is 0. The lowest BCUT2D eigenvalue weighted by Crippen LogP contribution is -2.36. The van der Waals surface area contributed by atoms with Gasteiger partial charge in [0.15, 0.2) is 6.10 Å². The Kier molecular flexibility index (Phi) is 5.96. The van der Waals surface area contributed by atoms with Crippen molar-refractivity contribution in [3.63, 3.8) is 0 Å². The SMILES string of the molecule is Cc1cccc(CNC(=O)C(C)Oc2ccc(C(C)C)c(C)c2)n1. The number of carbonyl (C=O) groups excluding carboxylic acids is 1. The van der Waals surface area contributed by atoms with Crippen LogP contribution in [0.15, 0.2) is 36.4 Å². The molecule has 1 unspecified atom stereocenters. The maximum absolute atomic E-state index is 12.2. The summed E-state index contributed by atoms with van der Waals surface area (Å²) in [6.07, 6.45) is -0.556. The van der Waals surface area contributed by atoms with Crippen molar-refractivity contribution in [2.45, 2.75) is 53.2 Å². The van der Waals surface area contributed by atoms with Crippen molar-refractivity contribution >= 4 is 5.91 Å². The van der Waals surface area contributed by atoms with Crippen LogP contribution in [-0.2, 0) is 11.3 Å². The minimum atomic E-state index is -0.556. The van der Waals surface area contributed by atoms with E-state index in [1.54, 1.807) is 6.92 Å². The molecule has 1 atom stereocenters. The highest BCUT2D eigenvalue weighted by molar-refractivity contribution is 5.80. The van der Waals surface area contributed by atoms with Gasteiger partial charge in [-0.15, -0.1) is 0 Å². The second-order valence-corrected chi connectivity index (χ2v) is 6.42. The molecule has 0 aliphatic rings. The maximum atomic E-state index is 12.2. The maximum Gasteiger partial charge on any atom is 0.261 e. The van der Waals surface area contributed by atoms with Gasteiger partial charge in [-0.25, -0.2) is 0 Å². The molecule has 0 aliphatic heterocycles. The number of benzene rings is 1. The molecule has 0 saturated heterocycles. The van der Waals surface area contributed by atoms with Crippen molar-refractivity contribution in [1.29, 1.82) is 0 Å². The Labute approximate surface area is 144 Å². The molecular weight excluding hydrogens is 300 g/mol. The fourth-order valence-corrected chi connectivity index (χ4v) is 2.65. The van der Waals surface area contributed by atoms with E-state index in [0.717, 1.165) is 11.4 Å². The van der Waals surface area contributed by atoms with E-state index in [1.165, 1.54) is 11.1 Å². The first kappa shape index (κ1) is 18.0. The Balaban J connectivity index is 1.93. The van der Waals surface area contributed by atoms with E-state index < -0.39 is 6.10 Å². The second kappa shape index (κ2) is 7.95. The van der Waals surface area contributed by atoms with Crippen molar-refractivity contribution in [3.8, 4) is 5.75 Å². The average Bonchev–Trinajstić information content (AvgIpc) is 2.52. The molecule has 1 heterocycles. The first-order valence-corrected chi connectivity index (χ1v) is 8.34. The number of carbonyl (C=O) groups is 1. The largest absolute Gasteiger partial charge is 0.481 e. The van der Waals surface area contributed by atoms with Gasteiger partial charge in [-0.2, -0.15) is 0 Å². The minimum absolute atomic E-state index is 0.149. The summed E-state index contributed by atoms with van der Waals surface area (Å²) >= 11 is 0. The van der Waals surface area contributed by atoms with Gasteiger partial charge in [0, 0.05) is 5.69 Å². The Morgan fingerprint density at radius 3 is 2.54 bits per heavy atom. The fourth-order valence-electron chi connectivity index (χ4n) is 2.65. The Morgan fingerprint density at radius 2 is 1.92 bits per heavy atom. The molecule has 128 valence electrons. The van der Waals surface area contributed by atoms with E-state index in [4.69, 9.17) is 4.74 Å². The standard InChI is InChI=1S/C20H26N2O2/c1-13(2)19-10-9-18(11-14(19)3)24-16(5)20(23)21-12-17-8-6-7-15(4)22-17/h6-11,13,16H,12H2,1-5H3,(H,21,23). The van der Waals surface area contributed by atoms with Crippen LogP contribution in [0.4, 0.5) is 0 Å². The Bertz CT molecular complexity index is 711. The van der Waals surface area contributed by atoms with E-state index >= 15 is 0 Å². The van der Waals surface area contributed by atoms with Gasteiger partial charge >= 0.3 is 0 Å². The van der Waals surface area contributed by atoms with Crippen LogP contribution in [0.3, 0.4) is 0 Å². The average molecular weight is 326 g/mol. The summed E-state index contributed by atoms with van der Waals surface area (Å²) in [5.74, 6) is 1.04. The van der Waals surface area contributed by atoms with Gasteiger partial charge in [-0.05, 0) is 62.1 Å². The van der Waals surface area contributed by atoms with Gasteiger partial charge in [0.1, 0.15) is 5.75 Å². The summed E-state index contributed by atoms with van der Waals surface area (Å²) < 4.78 is 5.77. The normalized spacial score (nSPS) is 12.1. The van der Waals surface area contributed by atoms with E-state index in [0.29, 0.717) is 18.2 Å². The third-order valence-electron chi connectivity index (χ3n) is 3.94. The van der Waals surface area contributed by atoms with E-state index in [9.17, 15) is 4.79 Å². The number of rotatable bonds is 6. The van der Waals surface area contributed by atoms with E-state index in [1.807, 2.05) is 37.3 Å². The first-order valence-electron chi connectivity index (χ1n) is 8.34. The van der Waals surface area contributed by atoms with Crippen LogP contribution in [0.2, 0.25) is 0 Å². The van der Waals surface area contributed by atoms with Gasteiger partial charge in [-0.1, -0.05) is 26.0 Å². The predicted molar refractivity (Wildman–Crippen MR) is 96.2 cm³/mol. The third kappa shape index (κ3) is 4.82. The van der Waals surface area contributed by atoms with Crippen molar-refractivity contribution in [1.82, 2.24) is 10.3 Å². The highest BCUT2D eigenvalue weighted by Crippen LogP contribution is 2.24. The van der Waals surface area contributed by atoms with Gasteiger partial charge < -0.3 is 10.1 Å². The molecule has 0 saturated carbocycles. The molecule has 2 rings (SSSR count). The predicted octanol–water partition coefficient (Wildman–Crippen LogP) is 3.91. The molecule has 2 aromatic rings. The lowest BCUT2D eigenvalue weighted by atomic mass is 9.98. The molecule has 4 nitrogen and oxygen atoms in total. The third-order valence-corrected chi connectivity index (χ3v) is 3.94. The number of aryl methyl sites for hydroxylation is 2. The molecule has 1 aromatic carbocycles. The number of nitrogens with one attached hydrogen (secondary N) is 1. The summed E-state index contributed by atoms with van der Waals surface area (Å²) in [6.45, 7) is 10.5. The molecule has 1 N–H and O–H groups in total.